The molecule has 0 spiro atoms. The first-order valence-corrected chi connectivity index (χ1v) is 11.2. The summed E-state index contributed by atoms with van der Waals surface area (Å²) in [4.78, 5) is 23.7. The number of amides is 1. The summed E-state index contributed by atoms with van der Waals surface area (Å²) in [5.41, 5.74) is 1.93. The number of ether oxygens (including phenoxy) is 1. The maximum atomic E-state index is 12.4. The standard InChI is InChI=1S/C22H33BrN4O2/c1-15-7-8-19(20-24-17(3)16(2)13-27(20)14-18(15)23)25-9-11-26(12-10-25)21(28)29-22(4,5)6/h8,13-15,17H,7,9-12H2,1-6H3. The SMILES string of the molecule is CC1=CN2C=C(Br)C(C)CC=C(N3CCN(C(=O)OC(C)(C)C)CC3)C2=NC1C. The zero-order valence-corrected chi connectivity index (χ0v) is 20.0. The molecule has 6 nitrogen and oxygen atoms in total. The minimum atomic E-state index is -0.468. The van der Waals surface area contributed by atoms with Gasteiger partial charge in [0.1, 0.15) is 5.60 Å². The first kappa shape index (κ1) is 21.9. The van der Waals surface area contributed by atoms with Crippen molar-refractivity contribution in [1.29, 1.82) is 0 Å². The van der Waals surface area contributed by atoms with Crippen LogP contribution in [0.1, 0.15) is 48.0 Å². The highest BCUT2D eigenvalue weighted by molar-refractivity contribution is 9.11. The van der Waals surface area contributed by atoms with Crippen LogP contribution < -0.4 is 0 Å². The highest BCUT2D eigenvalue weighted by atomic mass is 79.9. The van der Waals surface area contributed by atoms with E-state index in [1.165, 1.54) is 10.1 Å². The minimum absolute atomic E-state index is 0.164. The summed E-state index contributed by atoms with van der Waals surface area (Å²) < 4.78 is 6.71. The molecule has 0 bridgehead atoms. The van der Waals surface area contributed by atoms with Gasteiger partial charge in [0.25, 0.3) is 0 Å². The lowest BCUT2D eigenvalue weighted by Gasteiger charge is -2.40. The van der Waals surface area contributed by atoms with E-state index in [2.05, 4.69) is 65.0 Å². The molecule has 1 fully saturated rings. The molecule has 3 heterocycles. The Morgan fingerprint density at radius 3 is 2.45 bits per heavy atom. The van der Waals surface area contributed by atoms with Crippen molar-refractivity contribution in [2.75, 3.05) is 26.2 Å². The second kappa shape index (κ2) is 8.54. The Morgan fingerprint density at radius 1 is 1.17 bits per heavy atom. The van der Waals surface area contributed by atoms with Gasteiger partial charge in [-0.15, -0.1) is 0 Å². The Bertz CT molecular complexity index is 770. The van der Waals surface area contributed by atoms with E-state index in [0.29, 0.717) is 19.0 Å². The number of carbonyl (C=O) groups excluding carboxylic acids is 1. The summed E-state index contributed by atoms with van der Waals surface area (Å²) in [6.07, 6.45) is 7.34. The number of aliphatic imine (C=N–C) groups is 1. The van der Waals surface area contributed by atoms with Gasteiger partial charge in [-0.3, -0.25) is 4.99 Å². The quantitative estimate of drug-likeness (QED) is 0.563. The zero-order chi connectivity index (χ0) is 21.3. The number of halogens is 1. The van der Waals surface area contributed by atoms with Gasteiger partial charge in [-0.25, -0.2) is 4.79 Å². The Kier molecular flexibility index (Phi) is 6.46. The van der Waals surface area contributed by atoms with Crippen molar-refractivity contribution in [3.63, 3.8) is 0 Å². The maximum Gasteiger partial charge on any atom is 0.410 e. The number of amidine groups is 1. The fourth-order valence-corrected chi connectivity index (χ4v) is 3.92. The summed E-state index contributed by atoms with van der Waals surface area (Å²) in [6.45, 7) is 15.0. The molecule has 0 aromatic heterocycles. The summed E-state index contributed by atoms with van der Waals surface area (Å²) >= 11 is 3.73. The third kappa shape index (κ3) is 5.24. The number of fused-ring (bicyclic) bond motifs is 1. The molecule has 0 N–H and O–H groups in total. The first-order chi connectivity index (χ1) is 13.5. The van der Waals surface area contributed by atoms with Gasteiger partial charge >= 0.3 is 6.09 Å². The molecule has 0 aromatic rings. The van der Waals surface area contributed by atoms with Gasteiger partial charge in [-0.05, 0) is 52.5 Å². The van der Waals surface area contributed by atoms with E-state index in [-0.39, 0.29) is 12.1 Å². The van der Waals surface area contributed by atoms with E-state index in [9.17, 15) is 4.79 Å². The van der Waals surface area contributed by atoms with Gasteiger partial charge in [0.2, 0.25) is 0 Å². The Labute approximate surface area is 183 Å². The van der Waals surface area contributed by atoms with Crippen molar-refractivity contribution in [3.8, 4) is 0 Å². The topological polar surface area (TPSA) is 48.4 Å². The van der Waals surface area contributed by atoms with Crippen molar-refractivity contribution in [3.05, 3.63) is 34.2 Å². The molecule has 0 aliphatic carbocycles. The molecule has 1 amide bonds. The fourth-order valence-electron chi connectivity index (χ4n) is 3.52. The average Bonchev–Trinajstić information content (AvgIpc) is 2.63. The lowest BCUT2D eigenvalue weighted by Crippen LogP contribution is -2.51. The number of rotatable bonds is 1. The first-order valence-electron chi connectivity index (χ1n) is 10.4. The van der Waals surface area contributed by atoms with Crippen LogP contribution in [0, 0.1) is 5.92 Å². The van der Waals surface area contributed by atoms with Crippen molar-refractivity contribution in [1.82, 2.24) is 14.7 Å². The number of carbonyl (C=O) groups is 1. The lowest BCUT2D eigenvalue weighted by molar-refractivity contribution is 0.0172. The molecule has 3 aliphatic heterocycles. The van der Waals surface area contributed by atoms with Crippen LogP contribution in [-0.2, 0) is 4.74 Å². The van der Waals surface area contributed by atoms with Crippen molar-refractivity contribution < 1.29 is 9.53 Å². The van der Waals surface area contributed by atoms with E-state index in [4.69, 9.17) is 9.73 Å². The highest BCUT2D eigenvalue weighted by Gasteiger charge is 2.31. The number of hydrogen-bond acceptors (Lipinski definition) is 5. The van der Waals surface area contributed by atoms with Crippen LogP contribution in [0.4, 0.5) is 4.79 Å². The average molecular weight is 465 g/mol. The molecule has 2 atom stereocenters. The molecule has 160 valence electrons. The van der Waals surface area contributed by atoms with Crippen LogP contribution in [-0.4, -0.2) is 64.5 Å². The van der Waals surface area contributed by atoms with Crippen LogP contribution >= 0.6 is 15.9 Å². The van der Waals surface area contributed by atoms with Crippen LogP contribution in [0.2, 0.25) is 0 Å². The Morgan fingerprint density at radius 2 is 1.83 bits per heavy atom. The fraction of sp³-hybridized carbons (Fsp3) is 0.636. The number of piperazine rings is 1. The largest absolute Gasteiger partial charge is 0.444 e. The molecular weight excluding hydrogens is 432 g/mol. The van der Waals surface area contributed by atoms with Gasteiger partial charge in [0.15, 0.2) is 5.84 Å². The van der Waals surface area contributed by atoms with Crippen LogP contribution in [0.25, 0.3) is 0 Å². The third-order valence-electron chi connectivity index (χ3n) is 5.46. The summed E-state index contributed by atoms with van der Waals surface area (Å²) in [6, 6.07) is 0.164. The van der Waals surface area contributed by atoms with Crippen molar-refractivity contribution >= 4 is 27.9 Å². The van der Waals surface area contributed by atoms with E-state index < -0.39 is 5.60 Å². The molecule has 1 saturated heterocycles. The second-order valence-corrected chi connectivity index (χ2v) is 10.0. The smallest absolute Gasteiger partial charge is 0.410 e. The molecule has 0 saturated carbocycles. The van der Waals surface area contributed by atoms with Crippen molar-refractivity contribution in [2.45, 2.75) is 59.6 Å². The molecule has 3 aliphatic rings. The second-order valence-electron chi connectivity index (χ2n) is 9.10. The predicted molar refractivity (Wildman–Crippen MR) is 121 cm³/mol. The molecule has 3 rings (SSSR count). The van der Waals surface area contributed by atoms with Gasteiger partial charge in [0.05, 0.1) is 11.7 Å². The van der Waals surface area contributed by atoms with Crippen LogP contribution in [0.15, 0.2) is 39.2 Å². The third-order valence-corrected chi connectivity index (χ3v) is 6.45. The molecule has 0 radical (unpaired) electrons. The summed E-state index contributed by atoms with van der Waals surface area (Å²) in [5, 5.41) is 0. The summed E-state index contributed by atoms with van der Waals surface area (Å²) in [5.74, 6) is 1.39. The molecule has 29 heavy (non-hydrogen) atoms. The van der Waals surface area contributed by atoms with Crippen LogP contribution in [0.5, 0.6) is 0 Å². The molecular formula is C22H33BrN4O2. The van der Waals surface area contributed by atoms with E-state index >= 15 is 0 Å². The van der Waals surface area contributed by atoms with Crippen LogP contribution in [0.3, 0.4) is 0 Å². The molecule has 2 unspecified atom stereocenters. The Hall–Kier alpha value is -1.76. The van der Waals surface area contributed by atoms with E-state index in [1.54, 1.807) is 4.90 Å². The van der Waals surface area contributed by atoms with Crippen molar-refractivity contribution in [2.24, 2.45) is 10.9 Å². The number of allylic oxidation sites excluding steroid dienone is 2. The monoisotopic (exact) mass is 464 g/mol. The molecule has 0 aromatic carbocycles. The molecule has 7 heteroatoms. The van der Waals surface area contributed by atoms with Gasteiger partial charge in [-0.1, -0.05) is 28.9 Å². The minimum Gasteiger partial charge on any atom is -0.444 e. The lowest BCUT2D eigenvalue weighted by atomic mass is 10.0. The Balaban J connectivity index is 1.78. The predicted octanol–water partition coefficient (Wildman–Crippen LogP) is 4.71. The maximum absolute atomic E-state index is 12.4. The number of hydrogen-bond donors (Lipinski definition) is 0. The normalized spacial score (nSPS) is 25.8. The van der Waals surface area contributed by atoms with Gasteiger partial charge in [0, 0.05) is 43.1 Å². The summed E-state index contributed by atoms with van der Waals surface area (Å²) in [7, 11) is 0. The van der Waals surface area contributed by atoms with E-state index in [0.717, 1.165) is 31.0 Å². The highest BCUT2D eigenvalue weighted by Crippen LogP contribution is 2.30. The van der Waals surface area contributed by atoms with Gasteiger partial charge in [-0.2, -0.15) is 0 Å². The van der Waals surface area contributed by atoms with E-state index in [1.807, 2.05) is 20.8 Å². The zero-order valence-electron chi connectivity index (χ0n) is 18.4. The number of nitrogens with zero attached hydrogens (tertiary/aromatic N) is 4. The van der Waals surface area contributed by atoms with Gasteiger partial charge < -0.3 is 19.4 Å².